The van der Waals surface area contributed by atoms with Crippen LogP contribution < -0.4 is 9.64 Å². The molecule has 1 unspecified atom stereocenters. The van der Waals surface area contributed by atoms with Crippen LogP contribution in [0.2, 0.25) is 5.02 Å². The van der Waals surface area contributed by atoms with Gasteiger partial charge < -0.3 is 9.84 Å². The monoisotopic (exact) mass is 643 g/mol. The third-order valence-electron chi connectivity index (χ3n) is 6.88. The molecule has 0 saturated carbocycles. The lowest BCUT2D eigenvalue weighted by molar-refractivity contribution is -0.132. The zero-order chi connectivity index (χ0) is 30.6. The van der Waals surface area contributed by atoms with Crippen molar-refractivity contribution in [1.29, 1.82) is 0 Å². The number of rotatable bonds is 9. The first-order valence-electron chi connectivity index (χ1n) is 13.4. The van der Waals surface area contributed by atoms with Gasteiger partial charge in [-0.05, 0) is 65.2 Å². The van der Waals surface area contributed by atoms with Crippen LogP contribution in [0.15, 0.2) is 113 Å². The fourth-order valence-corrected chi connectivity index (χ4v) is 6.63. The third kappa shape index (κ3) is 6.37. The van der Waals surface area contributed by atoms with Crippen molar-refractivity contribution in [1.82, 2.24) is 10.2 Å². The molecule has 0 aliphatic carbocycles. The Hall–Kier alpha value is -4.51. The summed E-state index contributed by atoms with van der Waals surface area (Å²) in [5.74, 6) is -1.21. The Morgan fingerprint density at radius 3 is 2.32 bits per heavy atom. The zero-order valence-electron chi connectivity index (χ0n) is 22.9. The Bertz CT molecular complexity index is 1830. The molecule has 1 fully saturated rings. The molecule has 11 heteroatoms. The van der Waals surface area contributed by atoms with Crippen molar-refractivity contribution in [3.05, 3.63) is 142 Å². The Kier molecular flexibility index (Phi) is 8.74. The molecule has 44 heavy (non-hydrogen) atoms. The van der Waals surface area contributed by atoms with Gasteiger partial charge in [0.15, 0.2) is 4.34 Å². The van der Waals surface area contributed by atoms with Gasteiger partial charge in [0.2, 0.25) is 5.13 Å². The summed E-state index contributed by atoms with van der Waals surface area (Å²) in [6.07, 6.45) is 0. The highest BCUT2D eigenvalue weighted by atomic mass is 35.5. The Morgan fingerprint density at radius 2 is 1.61 bits per heavy atom. The van der Waals surface area contributed by atoms with E-state index in [1.54, 1.807) is 60.7 Å². The molecule has 1 saturated heterocycles. The Morgan fingerprint density at radius 1 is 0.909 bits per heavy atom. The predicted octanol–water partition coefficient (Wildman–Crippen LogP) is 7.83. The van der Waals surface area contributed by atoms with Crippen LogP contribution in [0.5, 0.6) is 5.75 Å². The summed E-state index contributed by atoms with van der Waals surface area (Å²) in [5, 5.41) is 20.5. The quantitative estimate of drug-likeness (QED) is 0.0575. The Balaban J connectivity index is 1.33. The number of hydrogen-bond donors (Lipinski definition) is 1. The molecule has 4 aromatic carbocycles. The van der Waals surface area contributed by atoms with Gasteiger partial charge in [-0.15, -0.1) is 10.2 Å². The van der Waals surface area contributed by atoms with Gasteiger partial charge in [-0.2, -0.15) is 0 Å². The molecule has 7 nitrogen and oxygen atoms in total. The van der Waals surface area contributed by atoms with Crippen LogP contribution in [0.4, 0.5) is 9.52 Å². The van der Waals surface area contributed by atoms with E-state index in [1.807, 2.05) is 30.3 Å². The SMILES string of the molecule is O=C1C(=O)N(c2nnc(SCc3ccc(F)cc3)s2)C(c2ccc(OCc3ccccc3)cc2)/C1=C(/O)c1ccc(Cl)cc1. The van der Waals surface area contributed by atoms with E-state index in [2.05, 4.69) is 10.2 Å². The number of hydrogen-bond acceptors (Lipinski definition) is 8. The number of aliphatic hydroxyl groups excluding tert-OH is 1. The second-order valence-corrected chi connectivity index (χ2v) is 12.4. The normalized spacial score (nSPS) is 16.0. The molecule has 6 rings (SSSR count). The van der Waals surface area contributed by atoms with Crippen molar-refractivity contribution in [2.24, 2.45) is 0 Å². The molecule has 1 aromatic heterocycles. The van der Waals surface area contributed by atoms with E-state index in [-0.39, 0.29) is 22.3 Å². The lowest BCUT2D eigenvalue weighted by Gasteiger charge is -2.22. The molecule has 0 radical (unpaired) electrons. The summed E-state index contributed by atoms with van der Waals surface area (Å²) in [7, 11) is 0. The number of benzene rings is 4. The van der Waals surface area contributed by atoms with E-state index in [4.69, 9.17) is 16.3 Å². The molecular formula is C33H23ClFN3O4S2. The maximum absolute atomic E-state index is 13.5. The highest BCUT2D eigenvalue weighted by molar-refractivity contribution is 8.00. The lowest BCUT2D eigenvalue weighted by atomic mass is 9.95. The van der Waals surface area contributed by atoms with Gasteiger partial charge >= 0.3 is 5.91 Å². The highest BCUT2D eigenvalue weighted by Gasteiger charge is 2.48. The molecule has 0 spiro atoms. The van der Waals surface area contributed by atoms with Gasteiger partial charge in [0, 0.05) is 16.3 Å². The molecule has 2 heterocycles. The fourth-order valence-electron chi connectivity index (χ4n) is 4.68. The van der Waals surface area contributed by atoms with Crippen LogP contribution in [0.25, 0.3) is 5.76 Å². The van der Waals surface area contributed by atoms with E-state index < -0.39 is 17.7 Å². The molecular weight excluding hydrogens is 621 g/mol. The maximum Gasteiger partial charge on any atom is 0.301 e. The summed E-state index contributed by atoms with van der Waals surface area (Å²) in [4.78, 5) is 28.3. The number of aromatic nitrogens is 2. The predicted molar refractivity (Wildman–Crippen MR) is 169 cm³/mol. The van der Waals surface area contributed by atoms with Crippen molar-refractivity contribution in [2.75, 3.05) is 4.90 Å². The average Bonchev–Trinajstić information content (AvgIpc) is 3.62. The molecule has 5 aromatic rings. The number of Topliss-reactive ketones (excluding diaryl/α,β-unsaturated/α-hetero) is 1. The number of aliphatic hydroxyl groups is 1. The number of ether oxygens (including phenoxy) is 1. The summed E-state index contributed by atoms with van der Waals surface area (Å²) >= 11 is 8.57. The second kappa shape index (κ2) is 13.0. The summed E-state index contributed by atoms with van der Waals surface area (Å²) < 4.78 is 19.8. The van der Waals surface area contributed by atoms with E-state index in [0.717, 1.165) is 22.5 Å². The molecule has 0 bridgehead atoms. The van der Waals surface area contributed by atoms with Crippen molar-refractivity contribution in [2.45, 2.75) is 22.7 Å². The van der Waals surface area contributed by atoms with Gasteiger partial charge in [-0.25, -0.2) is 4.39 Å². The zero-order valence-corrected chi connectivity index (χ0v) is 25.3. The first-order valence-corrected chi connectivity index (χ1v) is 15.6. The number of carbonyl (C=O) groups excluding carboxylic acids is 2. The molecule has 1 aliphatic rings. The lowest BCUT2D eigenvalue weighted by Crippen LogP contribution is -2.29. The number of nitrogens with zero attached hydrogens (tertiary/aromatic N) is 3. The number of anilines is 1. The van der Waals surface area contributed by atoms with Crippen LogP contribution in [-0.4, -0.2) is 27.0 Å². The van der Waals surface area contributed by atoms with Gasteiger partial charge in [0.05, 0.1) is 11.6 Å². The van der Waals surface area contributed by atoms with Gasteiger partial charge in [-0.1, -0.05) is 89.3 Å². The highest BCUT2D eigenvalue weighted by Crippen LogP contribution is 2.44. The van der Waals surface area contributed by atoms with Crippen LogP contribution in [-0.2, 0) is 21.9 Å². The molecule has 220 valence electrons. The van der Waals surface area contributed by atoms with Crippen LogP contribution in [0.1, 0.15) is 28.3 Å². The molecule has 1 N–H and O–H groups in total. The smallest absolute Gasteiger partial charge is 0.301 e. The minimum atomic E-state index is -0.975. The third-order valence-corrected chi connectivity index (χ3v) is 9.26. The summed E-state index contributed by atoms with van der Waals surface area (Å²) in [5.41, 5.74) is 2.74. The van der Waals surface area contributed by atoms with Gasteiger partial charge in [0.25, 0.3) is 5.78 Å². The van der Waals surface area contributed by atoms with Crippen molar-refractivity contribution in [3.8, 4) is 5.75 Å². The number of carbonyl (C=O) groups is 2. The Labute approximate surface area is 265 Å². The largest absolute Gasteiger partial charge is 0.507 e. The number of ketones is 1. The molecule has 1 amide bonds. The first kappa shape index (κ1) is 29.6. The van der Waals surface area contributed by atoms with Crippen molar-refractivity contribution < 1.29 is 23.8 Å². The minimum Gasteiger partial charge on any atom is -0.507 e. The fraction of sp³-hybridized carbons (Fsp3) is 0.0909. The molecule has 1 atom stereocenters. The number of halogens is 2. The number of amides is 1. The van der Waals surface area contributed by atoms with Crippen LogP contribution in [0, 0.1) is 5.82 Å². The summed E-state index contributed by atoms with van der Waals surface area (Å²) in [6, 6.07) is 28.3. The van der Waals surface area contributed by atoms with E-state index >= 15 is 0 Å². The van der Waals surface area contributed by atoms with Gasteiger partial charge in [0.1, 0.15) is 23.9 Å². The first-order chi connectivity index (χ1) is 21.4. The standard InChI is InChI=1S/C33H23ClFN3O4S2/c34-24-12-8-23(9-13-24)29(39)27-28(22-10-16-26(17-11-22)42-18-20-4-2-1-3-5-20)38(31(41)30(27)40)32-36-37-33(44-32)43-19-21-6-14-25(35)15-7-21/h1-17,28,39H,18-19H2/b29-27-. The van der Waals surface area contributed by atoms with Crippen molar-refractivity contribution >= 4 is 57.3 Å². The summed E-state index contributed by atoms with van der Waals surface area (Å²) in [6.45, 7) is 0.373. The van der Waals surface area contributed by atoms with Crippen molar-refractivity contribution in [3.63, 3.8) is 0 Å². The average molecular weight is 644 g/mol. The topological polar surface area (TPSA) is 92.6 Å². The molecule has 1 aliphatic heterocycles. The van der Waals surface area contributed by atoms with E-state index in [0.29, 0.717) is 38.6 Å². The second-order valence-electron chi connectivity index (χ2n) is 9.78. The van der Waals surface area contributed by atoms with E-state index in [1.165, 1.54) is 28.8 Å². The van der Waals surface area contributed by atoms with Crippen LogP contribution >= 0.6 is 34.7 Å². The minimum absolute atomic E-state index is 0.0778. The van der Waals surface area contributed by atoms with Crippen LogP contribution in [0.3, 0.4) is 0 Å². The maximum atomic E-state index is 13.5. The van der Waals surface area contributed by atoms with E-state index in [9.17, 15) is 19.1 Å². The number of thioether (sulfide) groups is 1. The van der Waals surface area contributed by atoms with Gasteiger partial charge in [-0.3, -0.25) is 14.5 Å².